The van der Waals surface area contributed by atoms with E-state index in [2.05, 4.69) is 0 Å². The molecule has 6 atom stereocenters. The van der Waals surface area contributed by atoms with Crippen LogP contribution in [0.15, 0.2) is 182 Å². The van der Waals surface area contributed by atoms with Crippen molar-refractivity contribution in [1.29, 1.82) is 0 Å². The van der Waals surface area contributed by atoms with Gasteiger partial charge in [-0.3, -0.25) is 13.6 Å². The molecule has 6 aromatic rings. The van der Waals surface area contributed by atoms with Crippen molar-refractivity contribution >= 4 is 7.82 Å². The Hall–Kier alpha value is -4.85. The van der Waals surface area contributed by atoms with Gasteiger partial charge in [0.25, 0.3) is 0 Å². The van der Waals surface area contributed by atoms with E-state index in [0.29, 0.717) is 0 Å². The monoisotopic (exact) mass is 846 g/mol. The molecule has 0 amide bonds. The first-order valence-electron chi connectivity index (χ1n) is 20.2. The van der Waals surface area contributed by atoms with Crippen molar-refractivity contribution in [1.82, 2.24) is 0 Å². The van der Waals surface area contributed by atoms with E-state index in [-0.39, 0.29) is 39.6 Å². The Labute approximate surface area is 357 Å². The van der Waals surface area contributed by atoms with Crippen molar-refractivity contribution < 1.29 is 52.0 Å². The lowest BCUT2D eigenvalue weighted by atomic mass is 9.90. The summed E-state index contributed by atoms with van der Waals surface area (Å²) in [6, 6.07) is 55.9. The van der Waals surface area contributed by atoms with Crippen LogP contribution in [0.25, 0.3) is 0 Å². The fourth-order valence-corrected chi connectivity index (χ4v) is 8.07. The maximum absolute atomic E-state index is 15.0. The lowest BCUT2D eigenvalue weighted by molar-refractivity contribution is -0.414. The van der Waals surface area contributed by atoms with E-state index in [4.69, 9.17) is 37.3 Å². The number of benzene rings is 6. The van der Waals surface area contributed by atoms with Gasteiger partial charge in [0.05, 0.1) is 46.2 Å². The van der Waals surface area contributed by atoms with E-state index < -0.39 is 50.9 Å². The van der Waals surface area contributed by atoms with Crippen molar-refractivity contribution in [2.75, 3.05) is 6.61 Å². The molecular formula is C49H51O11P. The summed E-state index contributed by atoms with van der Waals surface area (Å²) in [4.78, 5) is 0. The fourth-order valence-electron chi connectivity index (χ4n) is 6.84. The minimum Gasteiger partial charge on any atom is -0.394 e. The third-order valence-corrected chi connectivity index (χ3v) is 11.4. The van der Waals surface area contributed by atoms with E-state index in [1.165, 1.54) is 0 Å². The molecular weight excluding hydrogens is 796 g/mol. The van der Waals surface area contributed by atoms with Gasteiger partial charge >= 0.3 is 7.82 Å². The van der Waals surface area contributed by atoms with Gasteiger partial charge in [0.2, 0.25) is 5.79 Å². The Kier molecular flexibility index (Phi) is 16.2. The molecule has 1 aliphatic rings. The average molecular weight is 847 g/mol. The molecule has 1 fully saturated rings. The van der Waals surface area contributed by atoms with E-state index in [1.807, 2.05) is 182 Å². The zero-order valence-electron chi connectivity index (χ0n) is 33.7. The van der Waals surface area contributed by atoms with Crippen molar-refractivity contribution in [3.8, 4) is 0 Å². The lowest BCUT2D eigenvalue weighted by Gasteiger charge is -2.52. The molecule has 0 radical (unpaired) electrons. The van der Waals surface area contributed by atoms with Crippen LogP contribution in [0.5, 0.6) is 0 Å². The van der Waals surface area contributed by atoms with Gasteiger partial charge in [-0.2, -0.15) is 0 Å². The van der Waals surface area contributed by atoms with Crippen molar-refractivity contribution in [2.45, 2.75) is 76.1 Å². The lowest BCUT2D eigenvalue weighted by Crippen LogP contribution is -2.71. The number of aliphatic hydroxyl groups excluding tert-OH is 1. The van der Waals surface area contributed by atoms with Crippen molar-refractivity contribution in [3.05, 3.63) is 215 Å². The number of phosphoric acid groups is 1. The summed E-state index contributed by atoms with van der Waals surface area (Å²) in [5.74, 6) is -2.38. The van der Waals surface area contributed by atoms with Gasteiger partial charge in [0.1, 0.15) is 24.4 Å². The summed E-state index contributed by atoms with van der Waals surface area (Å²) in [5, 5.41) is 24.2. The molecule has 12 heteroatoms. The summed E-state index contributed by atoms with van der Waals surface area (Å²) in [6.07, 6.45) is -7.14. The molecule has 1 unspecified atom stereocenters. The molecule has 61 heavy (non-hydrogen) atoms. The first-order valence-corrected chi connectivity index (χ1v) is 21.7. The molecule has 0 bridgehead atoms. The highest BCUT2D eigenvalue weighted by Gasteiger charge is 2.62. The van der Waals surface area contributed by atoms with Crippen LogP contribution in [-0.4, -0.2) is 53.3 Å². The number of hydrogen-bond acceptors (Lipinski definition) is 11. The smallest absolute Gasteiger partial charge is 0.394 e. The molecule has 0 saturated carbocycles. The molecule has 1 aliphatic heterocycles. The van der Waals surface area contributed by atoms with Crippen LogP contribution < -0.4 is 0 Å². The molecule has 1 saturated heterocycles. The Balaban J connectivity index is 1.30. The second-order valence-corrected chi connectivity index (χ2v) is 16.1. The molecule has 318 valence electrons. The summed E-state index contributed by atoms with van der Waals surface area (Å²) < 4.78 is 66.5. The standard InChI is InChI=1S/C49H51O11P/c50-31-44(53-32-38-19-7-1-8-20-38)46-49(51,56-35-41-25-13-4-14-26-41)47(55-34-40-23-11-3-12-24-40)45(54-33-39-21-9-2-10-22-39)48(59-46)60-61(52,57-36-42-27-15-5-16-28-42)58-37-43-29-17-6-18-30-43/h1-30,44-48,50-51H,31-37H2/t44-,45+,46-,47-,48-,49?/m1/s1. The first-order chi connectivity index (χ1) is 29.9. The minimum atomic E-state index is -4.57. The second-order valence-electron chi connectivity index (χ2n) is 14.5. The molecule has 7 rings (SSSR count). The summed E-state index contributed by atoms with van der Waals surface area (Å²) in [5.41, 5.74) is 4.58. The van der Waals surface area contributed by atoms with Gasteiger partial charge in [-0.25, -0.2) is 4.57 Å². The van der Waals surface area contributed by atoms with Crippen LogP contribution in [0.4, 0.5) is 0 Å². The molecule has 11 nitrogen and oxygen atoms in total. The van der Waals surface area contributed by atoms with Gasteiger partial charge in [0, 0.05) is 0 Å². The molecule has 2 N–H and O–H groups in total. The molecule has 0 aromatic heterocycles. The number of phosphoric ester groups is 1. The van der Waals surface area contributed by atoms with Gasteiger partial charge in [-0.15, -0.1) is 0 Å². The minimum absolute atomic E-state index is 0.00547. The quantitative estimate of drug-likeness (QED) is 0.0502. The Morgan fingerprint density at radius 2 is 0.902 bits per heavy atom. The van der Waals surface area contributed by atoms with Gasteiger partial charge in [-0.1, -0.05) is 182 Å². The van der Waals surface area contributed by atoms with Gasteiger partial charge < -0.3 is 33.9 Å². The van der Waals surface area contributed by atoms with Crippen LogP contribution in [0.3, 0.4) is 0 Å². The van der Waals surface area contributed by atoms with E-state index >= 15 is 4.57 Å². The maximum Gasteiger partial charge on any atom is 0.477 e. The second kappa shape index (κ2) is 22.3. The Morgan fingerprint density at radius 3 is 1.33 bits per heavy atom. The SMILES string of the molecule is O=P(OCc1ccccc1)(OCc1ccccc1)O[C@H]1O[C@H]([C@@H](CO)OCc2ccccc2)C(O)(OCc2ccccc2)[C@H](OCc2ccccc2)[C@@H]1OCc1ccccc1. The van der Waals surface area contributed by atoms with Crippen LogP contribution in [0.1, 0.15) is 33.4 Å². The third-order valence-electron chi connectivity index (χ3n) is 10.1. The fraction of sp³-hybridized carbons (Fsp3) is 0.265. The molecule has 1 heterocycles. The topological polar surface area (TPSA) is 131 Å². The predicted octanol–water partition coefficient (Wildman–Crippen LogP) is 8.92. The average Bonchev–Trinajstić information content (AvgIpc) is 3.32. The summed E-state index contributed by atoms with van der Waals surface area (Å²) in [6.45, 7) is -0.910. The highest BCUT2D eigenvalue weighted by atomic mass is 31.2. The van der Waals surface area contributed by atoms with Crippen LogP contribution in [-0.2, 0) is 81.5 Å². The molecule has 0 aliphatic carbocycles. The predicted molar refractivity (Wildman–Crippen MR) is 228 cm³/mol. The Bertz CT molecular complexity index is 2140. The zero-order chi connectivity index (χ0) is 42.2. The highest BCUT2D eigenvalue weighted by Crippen LogP contribution is 2.54. The van der Waals surface area contributed by atoms with E-state index in [0.717, 1.165) is 33.4 Å². The van der Waals surface area contributed by atoms with E-state index in [9.17, 15) is 10.2 Å². The first kappa shape index (κ1) is 44.2. The van der Waals surface area contributed by atoms with Crippen LogP contribution >= 0.6 is 7.82 Å². The third kappa shape index (κ3) is 12.6. The number of hydrogen-bond donors (Lipinski definition) is 2. The van der Waals surface area contributed by atoms with Crippen LogP contribution in [0, 0.1) is 0 Å². The summed E-state index contributed by atoms with van der Waals surface area (Å²) in [7, 11) is -4.57. The maximum atomic E-state index is 15.0. The van der Waals surface area contributed by atoms with Gasteiger partial charge in [0.15, 0.2) is 6.29 Å². The number of ether oxygens (including phenoxy) is 5. The van der Waals surface area contributed by atoms with Crippen LogP contribution in [0.2, 0.25) is 0 Å². The normalized spacial score (nSPS) is 20.9. The zero-order valence-corrected chi connectivity index (χ0v) is 34.6. The van der Waals surface area contributed by atoms with E-state index in [1.54, 1.807) is 0 Å². The summed E-state index contributed by atoms with van der Waals surface area (Å²) >= 11 is 0. The number of aliphatic hydroxyl groups is 2. The largest absolute Gasteiger partial charge is 0.477 e. The van der Waals surface area contributed by atoms with Crippen molar-refractivity contribution in [2.24, 2.45) is 0 Å². The van der Waals surface area contributed by atoms with Gasteiger partial charge in [-0.05, 0) is 33.4 Å². The molecule has 6 aromatic carbocycles. The molecule has 0 spiro atoms. The number of rotatable bonds is 22. The Morgan fingerprint density at radius 1 is 0.525 bits per heavy atom. The highest BCUT2D eigenvalue weighted by molar-refractivity contribution is 7.48. The van der Waals surface area contributed by atoms with Crippen molar-refractivity contribution in [3.63, 3.8) is 0 Å².